The van der Waals surface area contributed by atoms with Gasteiger partial charge in [0.1, 0.15) is 0 Å². The van der Waals surface area contributed by atoms with Gasteiger partial charge in [-0.1, -0.05) is 67.6 Å². The summed E-state index contributed by atoms with van der Waals surface area (Å²) in [4.78, 5) is 21.1. The number of hydrogen-bond donors (Lipinski definition) is 1. The molecule has 3 rings (SSSR count). The van der Waals surface area contributed by atoms with Gasteiger partial charge in [-0.2, -0.15) is 0 Å². The topological polar surface area (TPSA) is 81.5 Å². The van der Waals surface area contributed by atoms with Gasteiger partial charge in [0.2, 0.25) is 6.10 Å². The Morgan fingerprint density at radius 1 is 0.967 bits per heavy atom. The number of hydrogen-bond acceptors (Lipinski definition) is 5. The lowest BCUT2D eigenvalue weighted by Gasteiger charge is -2.38. The second kappa shape index (κ2) is 9.50. The third-order valence-corrected chi connectivity index (χ3v) is 4.72. The van der Waals surface area contributed by atoms with Gasteiger partial charge in [0.05, 0.1) is 0 Å². The van der Waals surface area contributed by atoms with Gasteiger partial charge in [0, 0.05) is 18.0 Å². The van der Waals surface area contributed by atoms with E-state index in [-0.39, 0.29) is 6.01 Å². The van der Waals surface area contributed by atoms with Gasteiger partial charge < -0.3 is 14.6 Å². The van der Waals surface area contributed by atoms with E-state index < -0.39 is 17.7 Å². The van der Waals surface area contributed by atoms with Crippen LogP contribution in [0.5, 0.6) is 6.01 Å². The van der Waals surface area contributed by atoms with E-state index in [1.165, 1.54) is 0 Å². The summed E-state index contributed by atoms with van der Waals surface area (Å²) in [7, 11) is 0. The lowest BCUT2D eigenvalue weighted by atomic mass is 9.81. The predicted molar refractivity (Wildman–Crippen MR) is 113 cm³/mol. The van der Waals surface area contributed by atoms with Gasteiger partial charge in [0.25, 0.3) is 0 Å². The number of aryl methyl sites for hydroxylation is 2. The first-order chi connectivity index (χ1) is 14.5. The van der Waals surface area contributed by atoms with Crippen molar-refractivity contribution in [2.45, 2.75) is 38.9 Å². The minimum absolute atomic E-state index is 0.0104. The summed E-state index contributed by atoms with van der Waals surface area (Å²) in [6.07, 6.45) is -0.691. The van der Waals surface area contributed by atoms with E-state index in [9.17, 15) is 9.90 Å². The number of aliphatic carboxylic acids is 1. The highest BCUT2D eigenvalue weighted by Crippen LogP contribution is 2.39. The summed E-state index contributed by atoms with van der Waals surface area (Å²) in [5.41, 5.74) is 1.37. The molecule has 0 fully saturated rings. The van der Waals surface area contributed by atoms with Crippen molar-refractivity contribution in [1.82, 2.24) is 9.97 Å². The van der Waals surface area contributed by atoms with Gasteiger partial charge in [-0.05, 0) is 37.5 Å². The fourth-order valence-corrected chi connectivity index (χ4v) is 3.51. The fourth-order valence-electron chi connectivity index (χ4n) is 3.51. The van der Waals surface area contributed by atoms with Crippen LogP contribution in [-0.2, 0) is 15.1 Å². The lowest BCUT2D eigenvalue weighted by molar-refractivity contribution is -0.164. The number of ether oxygens (including phenoxy) is 2. The Kier molecular flexibility index (Phi) is 6.79. The Bertz CT molecular complexity index is 917. The third kappa shape index (κ3) is 4.49. The van der Waals surface area contributed by atoms with Crippen molar-refractivity contribution >= 4 is 5.97 Å². The molecule has 0 saturated carbocycles. The van der Waals surface area contributed by atoms with Crippen LogP contribution in [0.2, 0.25) is 0 Å². The Morgan fingerprint density at radius 2 is 1.47 bits per heavy atom. The van der Waals surface area contributed by atoms with E-state index in [2.05, 4.69) is 9.97 Å². The molecule has 0 radical (unpaired) electrons. The number of carboxylic acids is 1. The second-order valence-electron chi connectivity index (χ2n) is 7.09. The summed E-state index contributed by atoms with van der Waals surface area (Å²) in [5.74, 6) is -1.17. The van der Waals surface area contributed by atoms with Crippen LogP contribution >= 0.6 is 0 Å². The average molecular weight is 406 g/mol. The SMILES string of the molecule is CCCOC(c1ccccc1)(c1ccccc1)[C@@H](Oc1nc(C)cc(C)n1)C(=O)O. The molecule has 1 N–H and O–H groups in total. The van der Waals surface area contributed by atoms with Crippen LogP contribution in [-0.4, -0.2) is 33.8 Å². The standard InChI is InChI=1S/C24H26N2O4/c1-4-15-29-24(19-11-7-5-8-12-19,20-13-9-6-10-14-20)21(22(27)28)30-23-25-17(2)16-18(3)26-23/h5-14,16,21H,4,15H2,1-3H3,(H,27,28)/t21-/m0/s1. The van der Waals surface area contributed by atoms with E-state index in [1.54, 1.807) is 6.07 Å². The molecule has 1 atom stereocenters. The van der Waals surface area contributed by atoms with Crippen molar-refractivity contribution < 1.29 is 19.4 Å². The Hall–Kier alpha value is -3.25. The van der Waals surface area contributed by atoms with E-state index in [0.717, 1.165) is 0 Å². The monoisotopic (exact) mass is 406 g/mol. The molecule has 0 aliphatic carbocycles. The molecule has 0 aliphatic heterocycles. The number of rotatable bonds is 9. The molecule has 0 aliphatic rings. The zero-order valence-electron chi connectivity index (χ0n) is 17.4. The molecule has 6 nitrogen and oxygen atoms in total. The summed E-state index contributed by atoms with van der Waals surface area (Å²) in [5, 5.41) is 10.3. The zero-order valence-corrected chi connectivity index (χ0v) is 17.4. The molecule has 30 heavy (non-hydrogen) atoms. The van der Waals surface area contributed by atoms with Crippen LogP contribution in [0.25, 0.3) is 0 Å². The maximum absolute atomic E-state index is 12.6. The normalized spacial score (nSPS) is 12.4. The molecule has 1 aromatic heterocycles. The van der Waals surface area contributed by atoms with E-state index in [4.69, 9.17) is 9.47 Å². The lowest BCUT2D eigenvalue weighted by Crippen LogP contribution is -2.51. The van der Waals surface area contributed by atoms with E-state index >= 15 is 0 Å². The first-order valence-corrected chi connectivity index (χ1v) is 9.94. The van der Waals surface area contributed by atoms with Crippen LogP contribution in [0.15, 0.2) is 66.7 Å². The zero-order chi connectivity index (χ0) is 21.6. The summed E-state index contributed by atoms with van der Waals surface area (Å²) >= 11 is 0. The van der Waals surface area contributed by atoms with Crippen LogP contribution in [0.4, 0.5) is 0 Å². The average Bonchev–Trinajstić information content (AvgIpc) is 2.74. The second-order valence-corrected chi connectivity index (χ2v) is 7.09. The maximum Gasteiger partial charge on any atom is 0.348 e. The number of aromatic nitrogens is 2. The van der Waals surface area contributed by atoms with E-state index in [1.807, 2.05) is 81.4 Å². The van der Waals surface area contributed by atoms with Crippen LogP contribution in [0, 0.1) is 13.8 Å². The molecule has 156 valence electrons. The first kappa shape index (κ1) is 21.5. The highest BCUT2D eigenvalue weighted by Gasteiger charge is 2.50. The number of carbonyl (C=O) groups is 1. The van der Waals surface area contributed by atoms with Gasteiger partial charge in [0.15, 0.2) is 5.60 Å². The molecular weight excluding hydrogens is 380 g/mol. The number of nitrogens with zero attached hydrogens (tertiary/aromatic N) is 2. The Morgan fingerprint density at radius 3 is 1.90 bits per heavy atom. The minimum atomic E-state index is -1.41. The van der Waals surface area contributed by atoms with E-state index in [0.29, 0.717) is 35.5 Å². The number of benzene rings is 2. The molecule has 0 saturated heterocycles. The quantitative estimate of drug-likeness (QED) is 0.571. The van der Waals surface area contributed by atoms with Crippen molar-refractivity contribution in [2.75, 3.05) is 6.61 Å². The summed E-state index contributed by atoms with van der Waals surface area (Å²) < 4.78 is 12.3. The molecule has 0 spiro atoms. The van der Waals surface area contributed by atoms with Crippen molar-refractivity contribution in [1.29, 1.82) is 0 Å². The van der Waals surface area contributed by atoms with Crippen LogP contribution in [0.3, 0.4) is 0 Å². The Balaban J connectivity index is 2.22. The Labute approximate surface area is 176 Å². The fraction of sp³-hybridized carbons (Fsp3) is 0.292. The summed E-state index contributed by atoms with van der Waals surface area (Å²) in [6.45, 7) is 5.95. The van der Waals surface area contributed by atoms with Crippen molar-refractivity contribution in [3.8, 4) is 6.01 Å². The largest absolute Gasteiger partial charge is 0.478 e. The molecule has 0 amide bonds. The smallest absolute Gasteiger partial charge is 0.348 e. The molecule has 2 aromatic carbocycles. The van der Waals surface area contributed by atoms with Crippen molar-refractivity contribution in [3.05, 3.63) is 89.2 Å². The van der Waals surface area contributed by atoms with Crippen LogP contribution < -0.4 is 4.74 Å². The first-order valence-electron chi connectivity index (χ1n) is 9.94. The third-order valence-electron chi connectivity index (χ3n) is 4.72. The van der Waals surface area contributed by atoms with Gasteiger partial charge in [-0.25, -0.2) is 14.8 Å². The molecule has 6 heteroatoms. The van der Waals surface area contributed by atoms with Crippen molar-refractivity contribution in [3.63, 3.8) is 0 Å². The number of carboxylic acid groups (broad SMARTS) is 1. The molecule has 0 bridgehead atoms. The highest BCUT2D eigenvalue weighted by atomic mass is 16.6. The van der Waals surface area contributed by atoms with Gasteiger partial charge in [-0.3, -0.25) is 0 Å². The van der Waals surface area contributed by atoms with Crippen LogP contribution in [0.1, 0.15) is 35.9 Å². The molecule has 0 unspecified atom stereocenters. The van der Waals surface area contributed by atoms with Gasteiger partial charge >= 0.3 is 12.0 Å². The summed E-state index contributed by atoms with van der Waals surface area (Å²) in [6, 6.07) is 20.4. The van der Waals surface area contributed by atoms with Gasteiger partial charge in [-0.15, -0.1) is 0 Å². The molecule has 3 aromatic rings. The predicted octanol–water partition coefficient (Wildman–Crippen LogP) is 4.30. The molecular formula is C24H26N2O4. The highest BCUT2D eigenvalue weighted by molar-refractivity contribution is 5.76. The molecule has 1 heterocycles. The van der Waals surface area contributed by atoms with Crippen molar-refractivity contribution in [2.24, 2.45) is 0 Å². The minimum Gasteiger partial charge on any atom is -0.478 e. The maximum atomic E-state index is 12.6.